The van der Waals surface area contributed by atoms with E-state index < -0.39 is 17.6 Å². The highest BCUT2D eigenvalue weighted by Crippen LogP contribution is 2.22. The molecule has 0 aliphatic carbocycles. The molecule has 1 heterocycles. The molecular formula is C15H17F2NO3. The normalized spacial score (nSPS) is 18.0. The highest BCUT2D eigenvalue weighted by Gasteiger charge is 2.26. The first kappa shape index (κ1) is 15.4. The van der Waals surface area contributed by atoms with Gasteiger partial charge in [0.1, 0.15) is 11.6 Å². The Morgan fingerprint density at radius 1 is 1.33 bits per heavy atom. The van der Waals surface area contributed by atoms with E-state index in [0.717, 1.165) is 18.6 Å². The molecule has 1 atom stereocenters. The van der Waals surface area contributed by atoms with Crippen molar-refractivity contribution >= 4 is 11.9 Å². The molecule has 0 radical (unpaired) electrons. The second kappa shape index (κ2) is 6.65. The van der Waals surface area contributed by atoms with Crippen LogP contribution in [0.1, 0.15) is 24.8 Å². The average Bonchev–Trinajstić information content (AvgIpc) is 2.88. The maximum Gasteiger partial charge on any atom is 0.303 e. The van der Waals surface area contributed by atoms with Gasteiger partial charge in [-0.05, 0) is 30.4 Å². The predicted octanol–water partition coefficient (Wildman–Crippen LogP) is 2.22. The standard InChI is InChI=1S/C15H17F2NO3/c16-12-3-2-11(13(17)8-12)7-14(19)18-6-5-10(9-18)1-4-15(20)21/h2-3,8,10H,1,4-7,9H2,(H,20,21). The van der Waals surface area contributed by atoms with Crippen molar-refractivity contribution < 1.29 is 23.5 Å². The van der Waals surface area contributed by atoms with Gasteiger partial charge in [0, 0.05) is 25.6 Å². The van der Waals surface area contributed by atoms with E-state index >= 15 is 0 Å². The molecule has 0 saturated carbocycles. The van der Waals surface area contributed by atoms with Crippen LogP contribution in [0.25, 0.3) is 0 Å². The summed E-state index contributed by atoms with van der Waals surface area (Å²) in [7, 11) is 0. The fourth-order valence-corrected chi connectivity index (χ4v) is 2.56. The molecule has 4 nitrogen and oxygen atoms in total. The summed E-state index contributed by atoms with van der Waals surface area (Å²) in [6.07, 6.45) is 1.31. The van der Waals surface area contributed by atoms with Gasteiger partial charge in [-0.25, -0.2) is 8.78 Å². The van der Waals surface area contributed by atoms with E-state index in [1.165, 1.54) is 6.07 Å². The number of rotatable bonds is 5. The zero-order valence-electron chi connectivity index (χ0n) is 11.5. The van der Waals surface area contributed by atoms with Crippen LogP contribution < -0.4 is 0 Å². The molecule has 1 aromatic carbocycles. The number of benzene rings is 1. The highest BCUT2D eigenvalue weighted by molar-refractivity contribution is 5.79. The minimum Gasteiger partial charge on any atom is -0.481 e. The van der Waals surface area contributed by atoms with Crippen LogP contribution in [0.4, 0.5) is 8.78 Å². The Hall–Kier alpha value is -1.98. The molecule has 1 aliphatic heterocycles. The van der Waals surface area contributed by atoms with Gasteiger partial charge in [-0.2, -0.15) is 0 Å². The van der Waals surface area contributed by atoms with Crippen molar-refractivity contribution in [3.8, 4) is 0 Å². The van der Waals surface area contributed by atoms with Crippen LogP contribution in [0.2, 0.25) is 0 Å². The van der Waals surface area contributed by atoms with E-state index in [9.17, 15) is 18.4 Å². The number of nitrogens with zero attached hydrogens (tertiary/aromatic N) is 1. The van der Waals surface area contributed by atoms with Gasteiger partial charge < -0.3 is 10.0 Å². The molecule has 1 aliphatic rings. The van der Waals surface area contributed by atoms with Crippen LogP contribution >= 0.6 is 0 Å². The first-order chi connectivity index (χ1) is 9.95. The van der Waals surface area contributed by atoms with Gasteiger partial charge >= 0.3 is 5.97 Å². The van der Waals surface area contributed by atoms with Crippen LogP contribution in [-0.2, 0) is 16.0 Å². The van der Waals surface area contributed by atoms with Crippen LogP contribution in [-0.4, -0.2) is 35.0 Å². The maximum absolute atomic E-state index is 13.5. The minimum absolute atomic E-state index is 0.0965. The Balaban J connectivity index is 1.88. The zero-order chi connectivity index (χ0) is 15.4. The quantitative estimate of drug-likeness (QED) is 0.906. The second-order valence-corrected chi connectivity index (χ2v) is 5.34. The lowest BCUT2D eigenvalue weighted by atomic mass is 10.0. The van der Waals surface area contributed by atoms with Gasteiger partial charge in [-0.3, -0.25) is 9.59 Å². The second-order valence-electron chi connectivity index (χ2n) is 5.34. The van der Waals surface area contributed by atoms with Crippen molar-refractivity contribution in [1.82, 2.24) is 4.90 Å². The molecule has 1 saturated heterocycles. The molecule has 2 rings (SSSR count). The van der Waals surface area contributed by atoms with Crippen LogP contribution in [0.3, 0.4) is 0 Å². The summed E-state index contributed by atoms with van der Waals surface area (Å²) in [5.74, 6) is -2.25. The van der Waals surface area contributed by atoms with E-state index in [1.54, 1.807) is 4.90 Å². The number of amides is 1. The van der Waals surface area contributed by atoms with Gasteiger partial charge in [-0.1, -0.05) is 6.07 Å². The third kappa shape index (κ3) is 4.24. The van der Waals surface area contributed by atoms with E-state index in [2.05, 4.69) is 0 Å². The van der Waals surface area contributed by atoms with Crippen molar-refractivity contribution in [3.63, 3.8) is 0 Å². The molecular weight excluding hydrogens is 280 g/mol. The number of carbonyl (C=O) groups excluding carboxylic acids is 1. The maximum atomic E-state index is 13.5. The average molecular weight is 297 g/mol. The molecule has 0 aromatic heterocycles. The molecule has 1 fully saturated rings. The van der Waals surface area contributed by atoms with Crippen LogP contribution in [0.5, 0.6) is 0 Å². The number of hydrogen-bond donors (Lipinski definition) is 1. The first-order valence-corrected chi connectivity index (χ1v) is 6.89. The van der Waals surface area contributed by atoms with Crippen LogP contribution in [0.15, 0.2) is 18.2 Å². The fourth-order valence-electron chi connectivity index (χ4n) is 2.56. The minimum atomic E-state index is -0.840. The van der Waals surface area contributed by atoms with E-state index in [-0.39, 0.29) is 30.2 Å². The number of carboxylic acid groups (broad SMARTS) is 1. The van der Waals surface area contributed by atoms with Crippen molar-refractivity contribution in [2.45, 2.75) is 25.7 Å². The Morgan fingerprint density at radius 3 is 2.76 bits per heavy atom. The third-order valence-corrected chi connectivity index (χ3v) is 3.76. The summed E-state index contributed by atoms with van der Waals surface area (Å²) >= 11 is 0. The van der Waals surface area contributed by atoms with Crippen molar-refractivity contribution in [2.24, 2.45) is 5.92 Å². The SMILES string of the molecule is O=C(O)CCC1CCN(C(=O)Cc2ccc(F)cc2F)C1. The lowest BCUT2D eigenvalue weighted by Crippen LogP contribution is -2.30. The topological polar surface area (TPSA) is 57.6 Å². The summed E-state index contributed by atoms with van der Waals surface area (Å²) in [6, 6.07) is 3.17. The van der Waals surface area contributed by atoms with Crippen LogP contribution in [0, 0.1) is 17.6 Å². The summed E-state index contributed by atoms with van der Waals surface area (Å²) in [4.78, 5) is 24.2. The van der Waals surface area contributed by atoms with E-state index in [1.807, 2.05) is 0 Å². The Morgan fingerprint density at radius 2 is 2.10 bits per heavy atom. The molecule has 6 heteroatoms. The van der Waals surface area contributed by atoms with Gasteiger partial charge in [0.15, 0.2) is 0 Å². The third-order valence-electron chi connectivity index (χ3n) is 3.76. The van der Waals surface area contributed by atoms with Crippen molar-refractivity contribution in [2.75, 3.05) is 13.1 Å². The van der Waals surface area contributed by atoms with Gasteiger partial charge in [-0.15, -0.1) is 0 Å². The summed E-state index contributed by atoms with van der Waals surface area (Å²) in [6.45, 7) is 1.07. The summed E-state index contributed by atoms with van der Waals surface area (Å²) in [5.41, 5.74) is 0.176. The van der Waals surface area contributed by atoms with Gasteiger partial charge in [0.05, 0.1) is 6.42 Å². The molecule has 1 aromatic rings. The number of carboxylic acids is 1. The zero-order valence-corrected chi connectivity index (χ0v) is 11.5. The number of likely N-dealkylation sites (tertiary alicyclic amines) is 1. The Bertz CT molecular complexity index is 548. The van der Waals surface area contributed by atoms with Gasteiger partial charge in [0.2, 0.25) is 5.91 Å². The van der Waals surface area contributed by atoms with E-state index in [4.69, 9.17) is 5.11 Å². The molecule has 114 valence electrons. The highest BCUT2D eigenvalue weighted by atomic mass is 19.1. The molecule has 1 unspecified atom stereocenters. The molecule has 1 amide bonds. The summed E-state index contributed by atoms with van der Waals surface area (Å²) < 4.78 is 26.3. The molecule has 0 spiro atoms. The fraction of sp³-hybridized carbons (Fsp3) is 0.467. The monoisotopic (exact) mass is 297 g/mol. The smallest absolute Gasteiger partial charge is 0.303 e. The van der Waals surface area contributed by atoms with Crippen molar-refractivity contribution in [3.05, 3.63) is 35.4 Å². The Labute approximate surface area is 121 Å². The Kier molecular flexibility index (Phi) is 4.88. The van der Waals surface area contributed by atoms with E-state index in [0.29, 0.717) is 19.5 Å². The lowest BCUT2D eigenvalue weighted by molar-refractivity contribution is -0.137. The van der Waals surface area contributed by atoms with Crippen molar-refractivity contribution in [1.29, 1.82) is 0 Å². The largest absolute Gasteiger partial charge is 0.481 e. The number of halogens is 2. The van der Waals surface area contributed by atoms with Gasteiger partial charge in [0.25, 0.3) is 0 Å². The molecule has 21 heavy (non-hydrogen) atoms. The first-order valence-electron chi connectivity index (χ1n) is 6.89. The molecule has 0 bridgehead atoms. The lowest BCUT2D eigenvalue weighted by Gasteiger charge is -2.16. The molecule has 1 N–H and O–H groups in total. The number of aliphatic carboxylic acids is 1. The number of carbonyl (C=O) groups is 2. The summed E-state index contributed by atoms with van der Waals surface area (Å²) in [5, 5.41) is 8.64. The number of hydrogen-bond acceptors (Lipinski definition) is 2. The predicted molar refractivity (Wildman–Crippen MR) is 71.6 cm³/mol.